The lowest BCUT2D eigenvalue weighted by atomic mass is 10.3. The van der Waals surface area contributed by atoms with E-state index in [4.69, 9.17) is 0 Å². The fourth-order valence-corrected chi connectivity index (χ4v) is 1.76. The Bertz CT molecular complexity index is 548. The molecule has 0 aliphatic heterocycles. The van der Waals surface area contributed by atoms with Gasteiger partial charge in [0.25, 0.3) is 0 Å². The summed E-state index contributed by atoms with van der Waals surface area (Å²) in [6, 6.07) is 1.96. The highest BCUT2D eigenvalue weighted by molar-refractivity contribution is 5.76. The molecule has 0 spiro atoms. The van der Waals surface area contributed by atoms with Crippen LogP contribution >= 0.6 is 0 Å². The molecule has 0 fully saturated rings. The van der Waals surface area contributed by atoms with E-state index in [9.17, 15) is 4.79 Å². The minimum atomic E-state index is 0.0432. The molecule has 0 aliphatic carbocycles. The zero-order valence-electron chi connectivity index (χ0n) is 10.6. The molecule has 2 rings (SSSR count). The van der Waals surface area contributed by atoms with Crippen LogP contribution in [0.5, 0.6) is 0 Å². The Hall–Kier alpha value is -2.11. The molecule has 2 N–H and O–H groups in total. The molecule has 6 nitrogen and oxygen atoms in total. The van der Waals surface area contributed by atoms with Gasteiger partial charge in [-0.25, -0.2) is 9.50 Å². The molecule has 0 aliphatic rings. The van der Waals surface area contributed by atoms with Gasteiger partial charge in [0, 0.05) is 31.9 Å². The molecule has 0 saturated heterocycles. The van der Waals surface area contributed by atoms with Crippen LogP contribution in [0.15, 0.2) is 18.5 Å². The van der Waals surface area contributed by atoms with Crippen molar-refractivity contribution in [2.45, 2.75) is 20.3 Å². The molecule has 0 saturated carbocycles. The minimum Gasteiger partial charge on any atom is -0.368 e. The zero-order chi connectivity index (χ0) is 13.0. The van der Waals surface area contributed by atoms with Crippen LogP contribution in [0.2, 0.25) is 0 Å². The van der Waals surface area contributed by atoms with E-state index in [-0.39, 0.29) is 5.91 Å². The topological polar surface area (TPSA) is 71.3 Å². The van der Waals surface area contributed by atoms with Crippen LogP contribution in [-0.2, 0) is 4.79 Å². The van der Waals surface area contributed by atoms with Gasteiger partial charge in [-0.2, -0.15) is 5.10 Å². The first-order valence-electron chi connectivity index (χ1n) is 6.02. The normalized spacial score (nSPS) is 10.6. The number of fused-ring (bicyclic) bond motifs is 1. The molecular weight excluding hydrogens is 230 g/mol. The average Bonchev–Trinajstić information content (AvgIpc) is 2.70. The highest BCUT2D eigenvalue weighted by atomic mass is 16.1. The third-order valence-electron chi connectivity index (χ3n) is 2.53. The molecule has 1 amide bonds. The maximum Gasteiger partial charge on any atom is 0.221 e. The summed E-state index contributed by atoms with van der Waals surface area (Å²) in [5, 5.41) is 10.2. The van der Waals surface area contributed by atoms with Crippen molar-refractivity contribution in [2.75, 3.05) is 18.4 Å². The van der Waals surface area contributed by atoms with Crippen LogP contribution in [0, 0.1) is 6.92 Å². The maximum absolute atomic E-state index is 11.3. The van der Waals surface area contributed by atoms with E-state index < -0.39 is 0 Å². The Morgan fingerprint density at radius 1 is 1.50 bits per heavy atom. The first kappa shape index (κ1) is 12.3. The Labute approximate surface area is 105 Å². The first-order chi connectivity index (χ1) is 8.70. The van der Waals surface area contributed by atoms with Crippen LogP contribution in [0.1, 0.15) is 19.0 Å². The predicted octanol–water partition coefficient (Wildman–Crippen LogP) is 0.976. The van der Waals surface area contributed by atoms with Gasteiger partial charge in [0.05, 0.1) is 5.69 Å². The summed E-state index contributed by atoms with van der Waals surface area (Å²) in [6.07, 6.45) is 3.93. The summed E-state index contributed by atoms with van der Waals surface area (Å²) in [6.45, 7) is 5.06. The number of aryl methyl sites for hydroxylation is 1. The number of carbonyl (C=O) groups excluding carboxylic acids is 1. The highest BCUT2D eigenvalue weighted by Gasteiger charge is 2.05. The lowest BCUT2D eigenvalue weighted by Gasteiger charge is -2.06. The quantitative estimate of drug-likeness (QED) is 0.826. The molecule has 0 radical (unpaired) electrons. The molecule has 2 aromatic rings. The summed E-state index contributed by atoms with van der Waals surface area (Å²) in [4.78, 5) is 15.6. The second kappa shape index (κ2) is 5.48. The van der Waals surface area contributed by atoms with Crippen LogP contribution in [0.4, 0.5) is 5.82 Å². The Kier molecular flexibility index (Phi) is 3.76. The molecule has 0 aromatic carbocycles. The lowest BCUT2D eigenvalue weighted by molar-refractivity contribution is -0.120. The number of hydrogen-bond acceptors (Lipinski definition) is 4. The minimum absolute atomic E-state index is 0.0432. The first-order valence-corrected chi connectivity index (χ1v) is 6.02. The number of nitrogens with zero attached hydrogens (tertiary/aromatic N) is 3. The number of carbonyl (C=O) groups is 1. The van der Waals surface area contributed by atoms with Gasteiger partial charge >= 0.3 is 0 Å². The molecule has 96 valence electrons. The van der Waals surface area contributed by atoms with E-state index in [1.165, 1.54) is 0 Å². The van der Waals surface area contributed by atoms with E-state index in [0.717, 1.165) is 17.0 Å². The van der Waals surface area contributed by atoms with Gasteiger partial charge in [-0.3, -0.25) is 4.79 Å². The summed E-state index contributed by atoms with van der Waals surface area (Å²) >= 11 is 0. The standard InChI is InChI=1S/C12H17N5O/c1-3-13-11(18)4-5-14-12-10-8-9(2)16-17(10)7-6-15-12/h6-8H,3-5H2,1-2H3,(H,13,18)(H,14,15). The van der Waals surface area contributed by atoms with Crippen molar-refractivity contribution in [1.29, 1.82) is 0 Å². The smallest absolute Gasteiger partial charge is 0.221 e. The number of aromatic nitrogens is 3. The van der Waals surface area contributed by atoms with Crippen molar-refractivity contribution in [2.24, 2.45) is 0 Å². The van der Waals surface area contributed by atoms with E-state index in [0.29, 0.717) is 19.5 Å². The van der Waals surface area contributed by atoms with E-state index >= 15 is 0 Å². The number of rotatable bonds is 5. The van der Waals surface area contributed by atoms with Crippen LogP contribution in [-0.4, -0.2) is 33.6 Å². The fourth-order valence-electron chi connectivity index (χ4n) is 1.76. The maximum atomic E-state index is 11.3. The number of amides is 1. The van der Waals surface area contributed by atoms with Crippen molar-refractivity contribution in [1.82, 2.24) is 19.9 Å². The van der Waals surface area contributed by atoms with Gasteiger partial charge in [-0.1, -0.05) is 0 Å². The molecule has 2 heterocycles. The molecule has 2 aromatic heterocycles. The van der Waals surface area contributed by atoms with Crippen molar-refractivity contribution in [3.8, 4) is 0 Å². The van der Waals surface area contributed by atoms with Gasteiger partial charge in [0.1, 0.15) is 5.52 Å². The largest absolute Gasteiger partial charge is 0.368 e. The van der Waals surface area contributed by atoms with Gasteiger partial charge in [0.2, 0.25) is 5.91 Å². The van der Waals surface area contributed by atoms with E-state index in [1.807, 2.05) is 19.9 Å². The molecular formula is C12H17N5O. The molecule has 0 bridgehead atoms. The van der Waals surface area contributed by atoms with Crippen molar-refractivity contribution >= 4 is 17.2 Å². The second-order valence-electron chi connectivity index (χ2n) is 4.02. The van der Waals surface area contributed by atoms with Crippen LogP contribution < -0.4 is 10.6 Å². The van der Waals surface area contributed by atoms with E-state index in [1.54, 1.807) is 16.9 Å². The monoisotopic (exact) mass is 247 g/mol. The number of hydrogen-bond donors (Lipinski definition) is 2. The lowest BCUT2D eigenvalue weighted by Crippen LogP contribution is -2.24. The third kappa shape index (κ3) is 2.77. The number of anilines is 1. The third-order valence-corrected chi connectivity index (χ3v) is 2.53. The zero-order valence-corrected chi connectivity index (χ0v) is 10.6. The predicted molar refractivity (Wildman–Crippen MR) is 69.5 cm³/mol. The van der Waals surface area contributed by atoms with Gasteiger partial charge < -0.3 is 10.6 Å². The SMILES string of the molecule is CCNC(=O)CCNc1nccn2nc(C)cc12. The Morgan fingerprint density at radius 2 is 2.33 bits per heavy atom. The van der Waals surface area contributed by atoms with Gasteiger partial charge in [-0.15, -0.1) is 0 Å². The summed E-state index contributed by atoms with van der Waals surface area (Å²) in [5.74, 6) is 0.795. The second-order valence-corrected chi connectivity index (χ2v) is 4.02. The Balaban J connectivity index is 2.01. The summed E-state index contributed by atoms with van der Waals surface area (Å²) in [7, 11) is 0. The molecule has 0 unspecified atom stereocenters. The Morgan fingerprint density at radius 3 is 3.11 bits per heavy atom. The van der Waals surface area contributed by atoms with Crippen molar-refractivity contribution in [3.63, 3.8) is 0 Å². The van der Waals surface area contributed by atoms with E-state index in [2.05, 4.69) is 20.7 Å². The van der Waals surface area contributed by atoms with Crippen LogP contribution in [0.3, 0.4) is 0 Å². The van der Waals surface area contributed by atoms with Crippen molar-refractivity contribution < 1.29 is 4.79 Å². The summed E-state index contributed by atoms with van der Waals surface area (Å²) in [5.41, 5.74) is 1.86. The van der Waals surface area contributed by atoms with Gasteiger partial charge in [-0.05, 0) is 19.9 Å². The highest BCUT2D eigenvalue weighted by Crippen LogP contribution is 2.14. The molecule has 18 heavy (non-hydrogen) atoms. The average molecular weight is 247 g/mol. The fraction of sp³-hybridized carbons (Fsp3) is 0.417. The summed E-state index contributed by atoms with van der Waals surface area (Å²) < 4.78 is 1.77. The van der Waals surface area contributed by atoms with Crippen LogP contribution in [0.25, 0.3) is 5.52 Å². The number of nitrogens with one attached hydrogen (secondary N) is 2. The molecule has 6 heteroatoms. The van der Waals surface area contributed by atoms with Gasteiger partial charge in [0.15, 0.2) is 5.82 Å². The molecule has 0 atom stereocenters. The van der Waals surface area contributed by atoms with Crippen molar-refractivity contribution in [3.05, 3.63) is 24.2 Å².